The highest BCUT2D eigenvalue weighted by Crippen LogP contribution is 2.29. The maximum absolute atomic E-state index is 12.7. The first kappa shape index (κ1) is 18.3. The van der Waals surface area contributed by atoms with Crippen LogP contribution in [0.1, 0.15) is 38.3 Å². The van der Waals surface area contributed by atoms with Gasteiger partial charge in [0.1, 0.15) is 12.4 Å². The Morgan fingerprint density at radius 2 is 2.08 bits per heavy atom. The molecule has 0 unspecified atom stereocenters. The summed E-state index contributed by atoms with van der Waals surface area (Å²) in [7, 11) is 0. The van der Waals surface area contributed by atoms with E-state index in [1.165, 1.54) is 0 Å². The number of nitrogens with one attached hydrogen (secondary N) is 2. The summed E-state index contributed by atoms with van der Waals surface area (Å²) in [6.45, 7) is 5.11. The fourth-order valence-corrected chi connectivity index (χ4v) is 3.16. The van der Waals surface area contributed by atoms with E-state index in [1.807, 2.05) is 31.2 Å². The lowest BCUT2D eigenvalue weighted by Crippen LogP contribution is -2.45. The van der Waals surface area contributed by atoms with E-state index in [1.54, 1.807) is 6.92 Å². The monoisotopic (exact) mass is 360 g/mol. The van der Waals surface area contributed by atoms with Crippen molar-refractivity contribution in [3.63, 3.8) is 0 Å². The zero-order valence-corrected chi connectivity index (χ0v) is 15.0. The number of rotatable bonds is 6. The van der Waals surface area contributed by atoms with Gasteiger partial charge in [0, 0.05) is 12.3 Å². The van der Waals surface area contributed by atoms with Gasteiger partial charge in [0.15, 0.2) is 0 Å². The van der Waals surface area contributed by atoms with E-state index in [9.17, 15) is 9.59 Å². The van der Waals surface area contributed by atoms with Gasteiger partial charge >= 0.3 is 12.0 Å². The van der Waals surface area contributed by atoms with Gasteiger partial charge in [0.2, 0.25) is 0 Å². The van der Waals surface area contributed by atoms with E-state index in [-0.39, 0.29) is 18.7 Å². The largest absolute Gasteiger partial charge is 0.494 e. The maximum atomic E-state index is 12.7. The molecule has 3 rings (SSSR count). The molecule has 1 aromatic carbocycles. The summed E-state index contributed by atoms with van der Waals surface area (Å²) in [5, 5.41) is 5.44. The Bertz CT molecular complexity index is 692. The average Bonchev–Trinajstić information content (AvgIpc) is 3.13. The van der Waals surface area contributed by atoms with Crippen LogP contribution in [-0.4, -0.2) is 37.9 Å². The Kier molecular flexibility index (Phi) is 5.78. The van der Waals surface area contributed by atoms with Crippen LogP contribution < -0.4 is 15.4 Å². The molecule has 140 valence electrons. The molecule has 1 fully saturated rings. The van der Waals surface area contributed by atoms with Crippen molar-refractivity contribution in [2.45, 2.75) is 38.8 Å². The molecule has 0 radical (unpaired) electrons. The number of benzene rings is 1. The summed E-state index contributed by atoms with van der Waals surface area (Å²) in [6.07, 6.45) is 1.83. The zero-order valence-electron chi connectivity index (χ0n) is 15.0. The number of esters is 1. The third-order valence-electron chi connectivity index (χ3n) is 4.44. The first-order chi connectivity index (χ1) is 12.6. The standard InChI is InChI=1S/C19H24N2O5/c1-3-24-14-8-6-13(7-9-14)17-16(12(2)20-19(23)21-17)18(22)26-11-15-5-4-10-25-15/h6-9,15,17H,3-5,10-11H2,1-2H3,(H2,20,21,23)/t15-,17+/m1/s1. The predicted molar refractivity (Wildman–Crippen MR) is 94.7 cm³/mol. The van der Waals surface area contributed by atoms with Crippen molar-refractivity contribution < 1.29 is 23.8 Å². The van der Waals surface area contributed by atoms with Crippen molar-refractivity contribution in [2.75, 3.05) is 19.8 Å². The summed E-state index contributed by atoms with van der Waals surface area (Å²) in [5.41, 5.74) is 1.67. The van der Waals surface area contributed by atoms with E-state index >= 15 is 0 Å². The van der Waals surface area contributed by atoms with Gasteiger partial charge < -0.3 is 24.8 Å². The van der Waals surface area contributed by atoms with Gasteiger partial charge in [-0.3, -0.25) is 0 Å². The number of carbonyl (C=O) groups is 2. The van der Waals surface area contributed by atoms with Gasteiger partial charge in [0.05, 0.1) is 24.3 Å². The summed E-state index contributed by atoms with van der Waals surface area (Å²) in [6, 6.07) is 6.38. The van der Waals surface area contributed by atoms with Crippen molar-refractivity contribution in [3.8, 4) is 5.75 Å². The summed E-state index contributed by atoms with van der Waals surface area (Å²) >= 11 is 0. The Hall–Kier alpha value is -2.54. The third kappa shape index (κ3) is 4.16. The van der Waals surface area contributed by atoms with Gasteiger partial charge in [0.25, 0.3) is 0 Å². The molecule has 7 nitrogen and oxygen atoms in total. The van der Waals surface area contributed by atoms with Crippen LogP contribution in [0.25, 0.3) is 0 Å². The third-order valence-corrected chi connectivity index (χ3v) is 4.44. The van der Waals surface area contributed by atoms with Gasteiger partial charge in [-0.15, -0.1) is 0 Å². The zero-order chi connectivity index (χ0) is 18.5. The number of urea groups is 1. The van der Waals surface area contributed by atoms with Gasteiger partial charge in [-0.05, 0) is 44.4 Å². The Morgan fingerprint density at radius 1 is 1.31 bits per heavy atom. The highest BCUT2D eigenvalue weighted by Gasteiger charge is 2.32. The van der Waals surface area contributed by atoms with Crippen LogP contribution in [0.2, 0.25) is 0 Å². The van der Waals surface area contributed by atoms with Crippen LogP contribution in [0.5, 0.6) is 5.75 Å². The minimum absolute atomic E-state index is 0.0464. The lowest BCUT2D eigenvalue weighted by atomic mass is 9.95. The molecule has 1 aromatic rings. The van der Waals surface area contributed by atoms with Crippen molar-refractivity contribution in [3.05, 3.63) is 41.1 Å². The lowest BCUT2D eigenvalue weighted by Gasteiger charge is -2.28. The van der Waals surface area contributed by atoms with Crippen LogP contribution in [0, 0.1) is 0 Å². The topological polar surface area (TPSA) is 85.9 Å². The second-order valence-electron chi connectivity index (χ2n) is 6.31. The normalized spacial score (nSPS) is 22.6. The summed E-state index contributed by atoms with van der Waals surface area (Å²) in [4.78, 5) is 24.6. The van der Waals surface area contributed by atoms with Crippen molar-refractivity contribution in [1.82, 2.24) is 10.6 Å². The van der Waals surface area contributed by atoms with E-state index in [0.29, 0.717) is 24.5 Å². The highest BCUT2D eigenvalue weighted by atomic mass is 16.6. The minimum atomic E-state index is -0.573. The first-order valence-corrected chi connectivity index (χ1v) is 8.88. The second kappa shape index (κ2) is 8.23. The number of hydrogen-bond acceptors (Lipinski definition) is 5. The molecule has 2 atom stereocenters. The van der Waals surface area contributed by atoms with Crippen LogP contribution >= 0.6 is 0 Å². The van der Waals surface area contributed by atoms with E-state index < -0.39 is 12.0 Å². The molecule has 2 aliphatic heterocycles. The highest BCUT2D eigenvalue weighted by molar-refractivity contribution is 5.95. The Morgan fingerprint density at radius 3 is 2.73 bits per heavy atom. The molecule has 26 heavy (non-hydrogen) atoms. The van der Waals surface area contributed by atoms with E-state index in [0.717, 1.165) is 24.2 Å². The molecule has 7 heteroatoms. The van der Waals surface area contributed by atoms with Crippen LogP contribution in [0.4, 0.5) is 4.79 Å². The molecule has 2 aliphatic rings. The molecule has 2 N–H and O–H groups in total. The van der Waals surface area contributed by atoms with Crippen LogP contribution in [-0.2, 0) is 14.3 Å². The molecule has 2 heterocycles. The fraction of sp³-hybridized carbons (Fsp3) is 0.474. The van der Waals surface area contributed by atoms with Gasteiger partial charge in [-0.25, -0.2) is 9.59 Å². The summed E-state index contributed by atoms with van der Waals surface area (Å²) in [5.74, 6) is 0.282. The maximum Gasteiger partial charge on any atom is 0.338 e. The van der Waals surface area contributed by atoms with E-state index in [4.69, 9.17) is 14.2 Å². The number of allylic oxidation sites excluding steroid dienone is 1. The van der Waals surface area contributed by atoms with Gasteiger partial charge in [-0.1, -0.05) is 12.1 Å². The smallest absolute Gasteiger partial charge is 0.338 e. The molecule has 0 spiro atoms. The average molecular weight is 360 g/mol. The van der Waals surface area contributed by atoms with Gasteiger partial charge in [-0.2, -0.15) is 0 Å². The molecule has 2 amide bonds. The van der Waals surface area contributed by atoms with Crippen molar-refractivity contribution in [1.29, 1.82) is 0 Å². The second-order valence-corrected chi connectivity index (χ2v) is 6.31. The predicted octanol–water partition coefficient (Wildman–Crippen LogP) is 2.44. The summed E-state index contributed by atoms with van der Waals surface area (Å²) < 4.78 is 16.4. The van der Waals surface area contributed by atoms with Crippen LogP contribution in [0.15, 0.2) is 35.5 Å². The number of carbonyl (C=O) groups excluding carboxylic acids is 2. The molecule has 1 saturated heterocycles. The molecular weight excluding hydrogens is 336 g/mol. The number of hydrogen-bond donors (Lipinski definition) is 2. The number of amides is 2. The lowest BCUT2D eigenvalue weighted by molar-refractivity contribution is -0.142. The molecule has 0 aromatic heterocycles. The minimum Gasteiger partial charge on any atom is -0.494 e. The van der Waals surface area contributed by atoms with E-state index in [2.05, 4.69) is 10.6 Å². The number of ether oxygens (including phenoxy) is 3. The SMILES string of the molecule is CCOc1ccc([C@@H]2NC(=O)NC(C)=C2C(=O)OC[C@H]2CCCO2)cc1. The molecule has 0 saturated carbocycles. The van der Waals surface area contributed by atoms with Crippen molar-refractivity contribution >= 4 is 12.0 Å². The fourth-order valence-electron chi connectivity index (χ4n) is 3.16. The molecule has 0 aliphatic carbocycles. The van der Waals surface area contributed by atoms with Crippen molar-refractivity contribution in [2.24, 2.45) is 0 Å². The molecular formula is C19H24N2O5. The quantitative estimate of drug-likeness (QED) is 0.761. The Balaban J connectivity index is 1.78. The Labute approximate surface area is 152 Å². The van der Waals surface area contributed by atoms with Crippen LogP contribution in [0.3, 0.4) is 0 Å². The first-order valence-electron chi connectivity index (χ1n) is 8.88. The molecule has 0 bridgehead atoms.